The maximum absolute atomic E-state index is 11.7. The van der Waals surface area contributed by atoms with Gasteiger partial charge in [0.2, 0.25) is 0 Å². The van der Waals surface area contributed by atoms with E-state index in [4.69, 9.17) is 9.47 Å². The van der Waals surface area contributed by atoms with E-state index in [1.54, 1.807) is 0 Å². The van der Waals surface area contributed by atoms with Crippen LogP contribution in [0.3, 0.4) is 0 Å². The van der Waals surface area contributed by atoms with Crippen LogP contribution in [0.25, 0.3) is 0 Å². The molecule has 29 heavy (non-hydrogen) atoms. The summed E-state index contributed by atoms with van der Waals surface area (Å²) >= 11 is 0. The zero-order chi connectivity index (χ0) is 20.7. The lowest BCUT2D eigenvalue weighted by molar-refractivity contribution is -0.0107. The summed E-state index contributed by atoms with van der Waals surface area (Å²) < 4.78 is 11.3. The summed E-state index contributed by atoms with van der Waals surface area (Å²) in [6.45, 7) is 11.2. The molecule has 1 aliphatic rings. The van der Waals surface area contributed by atoms with E-state index >= 15 is 0 Å². The van der Waals surface area contributed by atoms with Gasteiger partial charge in [-0.1, -0.05) is 56.3 Å². The average molecular weight is 398 g/mol. The maximum atomic E-state index is 11.7. The van der Waals surface area contributed by atoms with E-state index in [1.807, 2.05) is 49.4 Å². The SMILES string of the molecule is CC(C)CCOc1ccc([C@](C)(O)[C@@H](CN2CCOCC2)c2ccccc2)cc1. The Morgan fingerprint density at radius 1 is 1.03 bits per heavy atom. The summed E-state index contributed by atoms with van der Waals surface area (Å²) in [6.07, 6.45) is 1.04. The third-order valence-electron chi connectivity index (χ3n) is 5.83. The molecule has 0 saturated carbocycles. The third kappa shape index (κ3) is 6.05. The van der Waals surface area contributed by atoms with Crippen LogP contribution in [0.1, 0.15) is 44.2 Å². The Hall–Kier alpha value is -1.88. The third-order valence-corrected chi connectivity index (χ3v) is 5.83. The molecule has 2 aromatic carbocycles. The van der Waals surface area contributed by atoms with Crippen LogP contribution >= 0.6 is 0 Å². The Kier molecular flexibility index (Phi) is 7.70. The van der Waals surface area contributed by atoms with Gasteiger partial charge in [-0.15, -0.1) is 0 Å². The van der Waals surface area contributed by atoms with Crippen LogP contribution in [0.2, 0.25) is 0 Å². The lowest BCUT2D eigenvalue weighted by atomic mass is 9.78. The fraction of sp³-hybridized carbons (Fsp3) is 0.520. The lowest BCUT2D eigenvalue weighted by Crippen LogP contribution is -2.43. The second-order valence-electron chi connectivity index (χ2n) is 8.58. The molecule has 2 aromatic rings. The maximum Gasteiger partial charge on any atom is 0.119 e. The molecule has 1 fully saturated rings. The molecule has 1 N–H and O–H groups in total. The minimum absolute atomic E-state index is 0.0329. The number of rotatable bonds is 9. The molecule has 1 aliphatic heterocycles. The van der Waals surface area contributed by atoms with E-state index in [-0.39, 0.29) is 5.92 Å². The van der Waals surface area contributed by atoms with E-state index in [0.29, 0.717) is 5.92 Å². The number of nitrogens with zero attached hydrogens (tertiary/aromatic N) is 1. The zero-order valence-electron chi connectivity index (χ0n) is 18.0. The molecule has 4 heteroatoms. The van der Waals surface area contributed by atoms with Crippen LogP contribution in [0.4, 0.5) is 0 Å². The second-order valence-corrected chi connectivity index (χ2v) is 8.58. The molecule has 0 radical (unpaired) electrons. The van der Waals surface area contributed by atoms with Gasteiger partial charge in [0.05, 0.1) is 25.4 Å². The number of hydrogen-bond donors (Lipinski definition) is 1. The monoisotopic (exact) mass is 397 g/mol. The fourth-order valence-electron chi connectivity index (χ4n) is 3.84. The van der Waals surface area contributed by atoms with Gasteiger partial charge in [-0.05, 0) is 42.5 Å². The van der Waals surface area contributed by atoms with Crippen molar-refractivity contribution in [3.05, 3.63) is 65.7 Å². The summed E-state index contributed by atoms with van der Waals surface area (Å²) in [4.78, 5) is 2.39. The molecule has 0 aliphatic carbocycles. The van der Waals surface area contributed by atoms with Crippen LogP contribution in [0.5, 0.6) is 5.75 Å². The highest BCUT2D eigenvalue weighted by molar-refractivity contribution is 5.35. The van der Waals surface area contributed by atoms with Crippen molar-refractivity contribution in [1.29, 1.82) is 0 Å². The van der Waals surface area contributed by atoms with Crippen LogP contribution in [0, 0.1) is 5.92 Å². The summed E-state index contributed by atoms with van der Waals surface area (Å²) in [7, 11) is 0. The molecule has 0 bridgehead atoms. The first-order valence-corrected chi connectivity index (χ1v) is 10.8. The van der Waals surface area contributed by atoms with Gasteiger partial charge < -0.3 is 14.6 Å². The van der Waals surface area contributed by atoms with E-state index < -0.39 is 5.60 Å². The normalized spacial score (nSPS) is 18.4. The molecule has 2 atom stereocenters. The Morgan fingerprint density at radius 2 is 1.69 bits per heavy atom. The largest absolute Gasteiger partial charge is 0.494 e. The van der Waals surface area contributed by atoms with Crippen LogP contribution in [0.15, 0.2) is 54.6 Å². The highest BCUT2D eigenvalue weighted by atomic mass is 16.5. The Labute approximate surface area is 175 Å². The van der Waals surface area contributed by atoms with Gasteiger partial charge >= 0.3 is 0 Å². The summed E-state index contributed by atoms with van der Waals surface area (Å²) in [5.74, 6) is 1.45. The van der Waals surface area contributed by atoms with E-state index in [2.05, 4.69) is 30.9 Å². The Bertz CT molecular complexity index is 721. The van der Waals surface area contributed by atoms with Crippen molar-refractivity contribution < 1.29 is 14.6 Å². The van der Waals surface area contributed by atoms with Crippen molar-refractivity contribution in [3.63, 3.8) is 0 Å². The van der Waals surface area contributed by atoms with Gasteiger partial charge in [0, 0.05) is 25.6 Å². The molecule has 0 unspecified atom stereocenters. The molecule has 4 nitrogen and oxygen atoms in total. The molecule has 158 valence electrons. The molecule has 1 heterocycles. The summed E-state index contributed by atoms with van der Waals surface area (Å²) in [5, 5.41) is 11.7. The van der Waals surface area contributed by atoms with Gasteiger partial charge in [-0.3, -0.25) is 4.90 Å². The molecular formula is C25H35NO3. The lowest BCUT2D eigenvalue weighted by Gasteiger charge is -2.38. The zero-order valence-corrected chi connectivity index (χ0v) is 18.0. The van der Waals surface area contributed by atoms with Crippen molar-refractivity contribution in [2.24, 2.45) is 5.92 Å². The number of benzene rings is 2. The first-order chi connectivity index (χ1) is 14.0. The van der Waals surface area contributed by atoms with E-state index in [1.165, 1.54) is 0 Å². The molecule has 0 aromatic heterocycles. The van der Waals surface area contributed by atoms with Crippen molar-refractivity contribution in [2.45, 2.75) is 38.7 Å². The van der Waals surface area contributed by atoms with Crippen molar-refractivity contribution in [1.82, 2.24) is 4.90 Å². The van der Waals surface area contributed by atoms with Gasteiger partial charge in [-0.2, -0.15) is 0 Å². The average Bonchev–Trinajstić information content (AvgIpc) is 2.73. The Balaban J connectivity index is 1.78. The summed E-state index contributed by atoms with van der Waals surface area (Å²) in [6, 6.07) is 18.3. The van der Waals surface area contributed by atoms with Gasteiger partial charge in [0.15, 0.2) is 0 Å². The minimum Gasteiger partial charge on any atom is -0.494 e. The van der Waals surface area contributed by atoms with Crippen LogP contribution < -0.4 is 4.74 Å². The highest BCUT2D eigenvalue weighted by Crippen LogP contribution is 2.38. The number of aliphatic hydroxyl groups is 1. The van der Waals surface area contributed by atoms with Gasteiger partial charge in [-0.25, -0.2) is 0 Å². The van der Waals surface area contributed by atoms with E-state index in [0.717, 1.165) is 62.8 Å². The highest BCUT2D eigenvalue weighted by Gasteiger charge is 2.36. The smallest absolute Gasteiger partial charge is 0.119 e. The minimum atomic E-state index is -0.990. The number of hydrogen-bond acceptors (Lipinski definition) is 4. The molecule has 0 amide bonds. The second kappa shape index (κ2) is 10.2. The van der Waals surface area contributed by atoms with Crippen LogP contribution in [-0.2, 0) is 10.3 Å². The van der Waals surface area contributed by atoms with E-state index in [9.17, 15) is 5.11 Å². The predicted octanol–water partition coefficient (Wildman–Crippen LogP) is 4.44. The standard InChI is InChI=1S/C25H35NO3/c1-20(2)13-16-29-23-11-9-22(10-12-23)25(3,27)24(21-7-5-4-6-8-21)19-26-14-17-28-18-15-26/h4-12,20,24,27H,13-19H2,1-3H3/t24-,25-/m0/s1. The van der Waals surface area contributed by atoms with Gasteiger partial charge in [0.25, 0.3) is 0 Å². The molecule has 3 rings (SSSR count). The van der Waals surface area contributed by atoms with Gasteiger partial charge in [0.1, 0.15) is 5.75 Å². The Morgan fingerprint density at radius 3 is 2.31 bits per heavy atom. The molecule has 0 spiro atoms. The summed E-state index contributed by atoms with van der Waals surface area (Å²) in [5.41, 5.74) is 1.08. The first-order valence-electron chi connectivity index (χ1n) is 10.8. The molecule has 1 saturated heterocycles. The quantitative estimate of drug-likeness (QED) is 0.679. The number of morpholine rings is 1. The van der Waals surface area contributed by atoms with Crippen molar-refractivity contribution >= 4 is 0 Å². The topological polar surface area (TPSA) is 41.9 Å². The fourth-order valence-corrected chi connectivity index (χ4v) is 3.84. The first kappa shape index (κ1) is 21.8. The number of ether oxygens (including phenoxy) is 2. The van der Waals surface area contributed by atoms with Crippen LogP contribution in [-0.4, -0.2) is 49.5 Å². The van der Waals surface area contributed by atoms with Crippen molar-refractivity contribution in [3.8, 4) is 5.75 Å². The predicted molar refractivity (Wildman–Crippen MR) is 117 cm³/mol. The van der Waals surface area contributed by atoms with Crippen molar-refractivity contribution in [2.75, 3.05) is 39.5 Å². The molecular weight excluding hydrogens is 362 g/mol.